The molecule has 2 aromatic rings. The van der Waals surface area contributed by atoms with Crippen molar-refractivity contribution < 1.29 is 14.0 Å². The molecule has 0 aliphatic carbocycles. The highest BCUT2D eigenvalue weighted by Crippen LogP contribution is 2.27. The van der Waals surface area contributed by atoms with Crippen LogP contribution in [0, 0.1) is 25.2 Å². The molecule has 27 heavy (non-hydrogen) atoms. The number of aromatic nitrogens is 1. The Kier molecular flexibility index (Phi) is 6.42. The number of nitrogens with one attached hydrogen (secondary N) is 1. The average molecular weight is 371 g/mol. The highest BCUT2D eigenvalue weighted by Gasteiger charge is 2.22. The maximum Gasteiger partial charge on any atom is 0.239 e. The smallest absolute Gasteiger partial charge is 0.239 e. The van der Waals surface area contributed by atoms with Gasteiger partial charge in [-0.2, -0.15) is 5.26 Å². The lowest BCUT2D eigenvalue weighted by Gasteiger charge is -2.24. The number of primary amides is 1. The van der Waals surface area contributed by atoms with Gasteiger partial charge in [0.25, 0.3) is 0 Å². The fourth-order valence-corrected chi connectivity index (χ4v) is 2.86. The molecule has 0 aliphatic rings. The van der Waals surface area contributed by atoms with Crippen LogP contribution in [0.25, 0.3) is 0 Å². The average Bonchev–Trinajstić information content (AvgIpc) is 3.17. The highest BCUT2D eigenvalue weighted by atomic mass is 16.3. The van der Waals surface area contributed by atoms with Gasteiger partial charge >= 0.3 is 0 Å². The quantitative estimate of drug-likeness (QED) is 0.733. The summed E-state index contributed by atoms with van der Waals surface area (Å²) in [6.07, 6.45) is 1.58. The molecular formula is C19H25N5O3. The van der Waals surface area contributed by atoms with Crippen molar-refractivity contribution in [1.82, 2.24) is 9.47 Å². The van der Waals surface area contributed by atoms with Crippen LogP contribution >= 0.6 is 0 Å². The minimum absolute atomic E-state index is 0.00446. The summed E-state index contributed by atoms with van der Waals surface area (Å²) in [6.45, 7) is 7.87. The van der Waals surface area contributed by atoms with Crippen LogP contribution in [0.15, 0.2) is 22.8 Å². The number of carbonyl (C=O) groups is 2. The summed E-state index contributed by atoms with van der Waals surface area (Å²) in [5.41, 5.74) is 7.35. The number of hydrogen-bond donors (Lipinski definition) is 2. The van der Waals surface area contributed by atoms with E-state index < -0.39 is 5.91 Å². The molecule has 0 aromatic carbocycles. The van der Waals surface area contributed by atoms with Crippen molar-refractivity contribution >= 4 is 17.6 Å². The van der Waals surface area contributed by atoms with Crippen molar-refractivity contribution in [2.45, 2.75) is 40.3 Å². The van der Waals surface area contributed by atoms with Crippen LogP contribution in [0.5, 0.6) is 0 Å². The Morgan fingerprint density at radius 3 is 2.59 bits per heavy atom. The number of rotatable bonds is 8. The summed E-state index contributed by atoms with van der Waals surface area (Å²) in [5, 5.41) is 12.4. The molecule has 0 bridgehead atoms. The van der Waals surface area contributed by atoms with Gasteiger partial charge in [0.1, 0.15) is 17.6 Å². The Bertz CT molecular complexity index is 859. The number of furan rings is 1. The van der Waals surface area contributed by atoms with Crippen molar-refractivity contribution in [3.8, 4) is 6.07 Å². The first-order chi connectivity index (χ1) is 12.7. The van der Waals surface area contributed by atoms with E-state index in [0.29, 0.717) is 23.7 Å². The summed E-state index contributed by atoms with van der Waals surface area (Å²) in [4.78, 5) is 25.5. The molecule has 2 aromatic heterocycles. The van der Waals surface area contributed by atoms with Crippen molar-refractivity contribution in [2.75, 3.05) is 18.4 Å². The molecule has 2 amide bonds. The first-order valence-corrected chi connectivity index (χ1v) is 8.69. The molecule has 0 atom stereocenters. The van der Waals surface area contributed by atoms with Crippen LogP contribution in [-0.2, 0) is 16.1 Å². The number of nitrogens with zero attached hydrogens (tertiary/aromatic N) is 3. The lowest BCUT2D eigenvalue weighted by Crippen LogP contribution is -2.43. The summed E-state index contributed by atoms with van der Waals surface area (Å²) in [7, 11) is 0. The van der Waals surface area contributed by atoms with Gasteiger partial charge in [0, 0.05) is 11.7 Å². The lowest BCUT2D eigenvalue weighted by molar-refractivity contribution is -0.121. The second-order valence-corrected chi connectivity index (χ2v) is 6.72. The lowest BCUT2D eigenvalue weighted by atomic mass is 10.2. The Morgan fingerprint density at radius 2 is 2.07 bits per heavy atom. The highest BCUT2D eigenvalue weighted by molar-refractivity contribution is 5.93. The van der Waals surface area contributed by atoms with Gasteiger partial charge in [-0.3, -0.25) is 14.5 Å². The molecule has 8 nitrogen and oxygen atoms in total. The number of anilines is 1. The van der Waals surface area contributed by atoms with Crippen molar-refractivity contribution in [1.29, 1.82) is 5.26 Å². The van der Waals surface area contributed by atoms with Gasteiger partial charge < -0.3 is 20.0 Å². The molecular weight excluding hydrogens is 346 g/mol. The zero-order chi connectivity index (χ0) is 20.1. The fourth-order valence-electron chi connectivity index (χ4n) is 2.86. The molecule has 0 spiro atoms. The third-order valence-corrected chi connectivity index (χ3v) is 4.53. The third kappa shape index (κ3) is 4.77. The molecule has 3 N–H and O–H groups in total. The standard InChI is InChI=1S/C19H25N5O3/c1-12(2)23(10-17(21)25)11-18(26)22-19-16(8-20)13(3)14(4)24(19)9-15-6-5-7-27-15/h5-7,12H,9-11H2,1-4H3,(H2,21,25)(H,22,26). The van der Waals surface area contributed by atoms with E-state index in [9.17, 15) is 14.9 Å². The van der Waals surface area contributed by atoms with E-state index in [4.69, 9.17) is 10.2 Å². The van der Waals surface area contributed by atoms with E-state index in [1.54, 1.807) is 17.2 Å². The van der Waals surface area contributed by atoms with Gasteiger partial charge in [-0.25, -0.2) is 0 Å². The monoisotopic (exact) mass is 371 g/mol. The molecule has 0 saturated heterocycles. The van der Waals surface area contributed by atoms with E-state index in [-0.39, 0.29) is 25.0 Å². The first-order valence-electron chi connectivity index (χ1n) is 8.69. The predicted molar refractivity (Wildman–Crippen MR) is 101 cm³/mol. The topological polar surface area (TPSA) is 117 Å². The van der Waals surface area contributed by atoms with Gasteiger partial charge in [-0.1, -0.05) is 0 Å². The molecule has 144 valence electrons. The Hall–Kier alpha value is -3.05. The van der Waals surface area contributed by atoms with Crippen molar-refractivity contribution in [3.05, 3.63) is 41.0 Å². The minimum Gasteiger partial charge on any atom is -0.467 e. The Balaban J connectivity index is 2.28. The van der Waals surface area contributed by atoms with Crippen LogP contribution in [0.2, 0.25) is 0 Å². The number of nitrogens with two attached hydrogens (primary N) is 1. The molecule has 0 saturated carbocycles. The van der Waals surface area contributed by atoms with Gasteiger partial charge in [-0.05, 0) is 45.4 Å². The summed E-state index contributed by atoms with van der Waals surface area (Å²) >= 11 is 0. The molecule has 8 heteroatoms. The number of amides is 2. The van der Waals surface area contributed by atoms with Crippen LogP contribution in [0.3, 0.4) is 0 Å². The van der Waals surface area contributed by atoms with E-state index in [2.05, 4.69) is 11.4 Å². The van der Waals surface area contributed by atoms with E-state index in [1.165, 1.54) is 0 Å². The first kappa shape index (κ1) is 20.3. The van der Waals surface area contributed by atoms with Crippen LogP contribution in [0.4, 0.5) is 5.82 Å². The van der Waals surface area contributed by atoms with Gasteiger partial charge in [-0.15, -0.1) is 0 Å². The normalized spacial score (nSPS) is 11.0. The van der Waals surface area contributed by atoms with E-state index in [1.807, 2.05) is 38.3 Å². The fraction of sp³-hybridized carbons (Fsp3) is 0.421. The number of hydrogen-bond acceptors (Lipinski definition) is 5. The van der Waals surface area contributed by atoms with Crippen LogP contribution in [-0.4, -0.2) is 40.4 Å². The second kappa shape index (κ2) is 8.56. The van der Waals surface area contributed by atoms with Crippen LogP contribution in [0.1, 0.15) is 36.4 Å². The van der Waals surface area contributed by atoms with Crippen molar-refractivity contribution in [3.63, 3.8) is 0 Å². The van der Waals surface area contributed by atoms with Crippen LogP contribution < -0.4 is 11.1 Å². The van der Waals surface area contributed by atoms with E-state index in [0.717, 1.165) is 11.3 Å². The Morgan fingerprint density at radius 1 is 1.37 bits per heavy atom. The third-order valence-electron chi connectivity index (χ3n) is 4.53. The van der Waals surface area contributed by atoms with Crippen molar-refractivity contribution in [2.24, 2.45) is 5.73 Å². The summed E-state index contributed by atoms with van der Waals surface area (Å²) in [6, 6.07) is 5.75. The SMILES string of the molecule is Cc1c(C#N)c(NC(=O)CN(CC(N)=O)C(C)C)n(Cc2ccco2)c1C. The molecule has 2 rings (SSSR count). The zero-order valence-corrected chi connectivity index (χ0v) is 16.1. The minimum atomic E-state index is -0.498. The summed E-state index contributed by atoms with van der Waals surface area (Å²) < 4.78 is 7.24. The Labute approximate surface area is 158 Å². The molecule has 0 unspecified atom stereocenters. The van der Waals surface area contributed by atoms with Gasteiger partial charge in [0.05, 0.1) is 31.5 Å². The zero-order valence-electron chi connectivity index (χ0n) is 16.1. The molecule has 0 radical (unpaired) electrons. The molecule has 0 fully saturated rings. The number of carbonyl (C=O) groups excluding carboxylic acids is 2. The maximum absolute atomic E-state index is 12.6. The maximum atomic E-state index is 12.6. The van der Waals surface area contributed by atoms with Gasteiger partial charge in [0.15, 0.2) is 0 Å². The largest absolute Gasteiger partial charge is 0.467 e. The van der Waals surface area contributed by atoms with E-state index >= 15 is 0 Å². The predicted octanol–water partition coefficient (Wildman–Crippen LogP) is 1.75. The molecule has 0 aliphatic heterocycles. The number of nitriles is 1. The summed E-state index contributed by atoms with van der Waals surface area (Å²) in [5.74, 6) is 0.323. The second-order valence-electron chi connectivity index (χ2n) is 6.72. The molecule has 2 heterocycles. The van der Waals surface area contributed by atoms with Gasteiger partial charge in [0.2, 0.25) is 11.8 Å².